The Bertz CT molecular complexity index is 625. The molecule has 1 aromatic rings. The van der Waals surface area contributed by atoms with E-state index in [4.69, 9.17) is 5.11 Å². The summed E-state index contributed by atoms with van der Waals surface area (Å²) in [5, 5.41) is 9.08. The van der Waals surface area contributed by atoms with E-state index in [0.29, 0.717) is 6.42 Å². The Morgan fingerprint density at radius 1 is 1.29 bits per heavy atom. The van der Waals surface area contributed by atoms with Crippen LogP contribution in [0.25, 0.3) is 0 Å². The van der Waals surface area contributed by atoms with Gasteiger partial charge in [-0.15, -0.1) is 0 Å². The number of rotatable bonds is 6. The zero-order valence-electron chi connectivity index (χ0n) is 12.1. The molecule has 0 spiro atoms. The van der Waals surface area contributed by atoms with Gasteiger partial charge in [0.25, 0.3) is 0 Å². The predicted molar refractivity (Wildman–Crippen MR) is 79.7 cm³/mol. The molecule has 0 amide bonds. The molecular weight excluding hydrogens is 290 g/mol. The molecule has 2 N–H and O–H groups in total. The molecule has 0 saturated carbocycles. The number of nitrogens with one attached hydrogen (secondary N) is 1. The topological polar surface area (TPSA) is 83.5 Å². The van der Waals surface area contributed by atoms with Gasteiger partial charge in [-0.2, -0.15) is 4.72 Å². The quantitative estimate of drug-likeness (QED) is 0.842. The second kappa shape index (κ2) is 6.58. The lowest BCUT2D eigenvalue weighted by atomic mass is 9.92. The second-order valence-corrected chi connectivity index (χ2v) is 7.15. The molecule has 5 nitrogen and oxygen atoms in total. The van der Waals surface area contributed by atoms with Gasteiger partial charge in [-0.3, -0.25) is 4.79 Å². The lowest BCUT2D eigenvalue weighted by molar-refractivity contribution is -0.139. The van der Waals surface area contributed by atoms with Crippen LogP contribution in [-0.2, 0) is 27.7 Å². The van der Waals surface area contributed by atoms with Crippen LogP contribution in [0, 0.1) is 0 Å². The zero-order chi connectivity index (χ0) is 15.5. The Morgan fingerprint density at radius 3 is 2.57 bits per heavy atom. The fourth-order valence-corrected chi connectivity index (χ4v) is 3.93. The normalized spacial score (nSPS) is 16.2. The molecule has 0 fully saturated rings. The Labute approximate surface area is 125 Å². The molecule has 1 aliphatic rings. The number of carbonyl (C=O) groups is 1. The molecule has 116 valence electrons. The van der Waals surface area contributed by atoms with E-state index < -0.39 is 22.0 Å². The molecule has 6 heteroatoms. The third-order valence-corrected chi connectivity index (χ3v) is 5.27. The van der Waals surface area contributed by atoms with Gasteiger partial charge in [0, 0.05) is 0 Å². The predicted octanol–water partition coefficient (Wildman–Crippen LogP) is 2.10. The van der Waals surface area contributed by atoms with Crippen LogP contribution in [0.1, 0.15) is 43.7 Å². The van der Waals surface area contributed by atoms with Crippen LogP contribution >= 0.6 is 0 Å². The van der Waals surface area contributed by atoms with Gasteiger partial charge in [0.2, 0.25) is 10.0 Å². The molecule has 1 aliphatic carbocycles. The summed E-state index contributed by atoms with van der Waals surface area (Å²) >= 11 is 0. The minimum atomic E-state index is -3.79. The lowest BCUT2D eigenvalue weighted by Gasteiger charge is -2.18. The molecule has 0 bridgehead atoms. The van der Waals surface area contributed by atoms with Gasteiger partial charge in [0.1, 0.15) is 6.04 Å². The average Bonchev–Trinajstić information content (AvgIpc) is 2.46. The second-order valence-electron chi connectivity index (χ2n) is 5.44. The van der Waals surface area contributed by atoms with Crippen LogP contribution in [0.15, 0.2) is 23.1 Å². The van der Waals surface area contributed by atoms with E-state index in [-0.39, 0.29) is 11.3 Å². The van der Waals surface area contributed by atoms with Gasteiger partial charge in [0.05, 0.1) is 4.90 Å². The molecule has 0 aliphatic heterocycles. The Kier molecular flexibility index (Phi) is 5.00. The molecular formula is C15H21NO4S. The molecule has 0 aromatic heterocycles. The molecule has 0 radical (unpaired) electrons. The monoisotopic (exact) mass is 311 g/mol. The fourth-order valence-electron chi connectivity index (χ4n) is 2.65. The minimum absolute atomic E-state index is 0.158. The summed E-state index contributed by atoms with van der Waals surface area (Å²) in [6.07, 6.45) is 4.95. The number of sulfonamides is 1. The number of hydrogen-bond acceptors (Lipinski definition) is 3. The molecule has 0 heterocycles. The number of aliphatic carboxylic acids is 1. The van der Waals surface area contributed by atoms with Crippen molar-refractivity contribution in [2.45, 2.75) is 56.4 Å². The summed E-state index contributed by atoms with van der Waals surface area (Å²) in [5.74, 6) is -1.14. The summed E-state index contributed by atoms with van der Waals surface area (Å²) in [4.78, 5) is 11.3. The van der Waals surface area contributed by atoms with Crippen molar-refractivity contribution < 1.29 is 18.3 Å². The molecule has 1 aromatic carbocycles. The summed E-state index contributed by atoms with van der Waals surface area (Å²) in [6.45, 7) is 1.82. The van der Waals surface area contributed by atoms with E-state index in [1.54, 1.807) is 12.1 Å². The highest BCUT2D eigenvalue weighted by atomic mass is 32.2. The highest BCUT2D eigenvalue weighted by molar-refractivity contribution is 7.89. The molecule has 1 unspecified atom stereocenters. The number of benzene rings is 1. The fraction of sp³-hybridized carbons (Fsp3) is 0.533. The zero-order valence-corrected chi connectivity index (χ0v) is 12.9. The van der Waals surface area contributed by atoms with Crippen molar-refractivity contribution in [3.05, 3.63) is 29.3 Å². The number of carboxylic acid groups (broad SMARTS) is 1. The van der Waals surface area contributed by atoms with Gasteiger partial charge >= 0.3 is 5.97 Å². The Hall–Kier alpha value is -1.40. The van der Waals surface area contributed by atoms with Crippen molar-refractivity contribution in [3.63, 3.8) is 0 Å². The third kappa shape index (κ3) is 3.83. The van der Waals surface area contributed by atoms with Crippen LogP contribution in [0.2, 0.25) is 0 Å². The Balaban J connectivity index is 2.24. The van der Waals surface area contributed by atoms with E-state index in [1.165, 1.54) is 5.56 Å². The molecule has 0 saturated heterocycles. The largest absolute Gasteiger partial charge is 0.480 e. The van der Waals surface area contributed by atoms with E-state index in [1.807, 2.05) is 13.0 Å². The van der Waals surface area contributed by atoms with Crippen LogP contribution < -0.4 is 4.72 Å². The first-order valence-electron chi connectivity index (χ1n) is 7.31. The maximum atomic E-state index is 12.3. The van der Waals surface area contributed by atoms with Gasteiger partial charge in [-0.25, -0.2) is 8.42 Å². The Morgan fingerprint density at radius 2 is 1.95 bits per heavy atom. The minimum Gasteiger partial charge on any atom is -0.480 e. The van der Waals surface area contributed by atoms with E-state index in [2.05, 4.69) is 4.72 Å². The lowest BCUT2D eigenvalue weighted by Crippen LogP contribution is -2.40. The smallest absolute Gasteiger partial charge is 0.321 e. The van der Waals surface area contributed by atoms with Gasteiger partial charge < -0.3 is 5.11 Å². The van der Waals surface area contributed by atoms with Crippen LogP contribution in [0.4, 0.5) is 0 Å². The van der Waals surface area contributed by atoms with Crippen molar-refractivity contribution in [2.24, 2.45) is 0 Å². The number of carboxylic acids is 1. The summed E-state index contributed by atoms with van der Waals surface area (Å²) < 4.78 is 27.0. The van der Waals surface area contributed by atoms with Gasteiger partial charge in [0.15, 0.2) is 0 Å². The number of aryl methyl sites for hydroxylation is 2. The summed E-state index contributed by atoms with van der Waals surface area (Å²) in [7, 11) is -3.79. The molecule has 21 heavy (non-hydrogen) atoms. The average molecular weight is 311 g/mol. The summed E-state index contributed by atoms with van der Waals surface area (Å²) in [6, 6.07) is 4.02. The van der Waals surface area contributed by atoms with Crippen molar-refractivity contribution in [3.8, 4) is 0 Å². The van der Waals surface area contributed by atoms with Crippen molar-refractivity contribution in [1.29, 1.82) is 0 Å². The first kappa shape index (κ1) is 16.0. The van der Waals surface area contributed by atoms with Crippen LogP contribution in [0.5, 0.6) is 0 Å². The van der Waals surface area contributed by atoms with Crippen LogP contribution in [-0.4, -0.2) is 25.5 Å². The van der Waals surface area contributed by atoms with Crippen LogP contribution in [0.3, 0.4) is 0 Å². The van der Waals surface area contributed by atoms with Gasteiger partial charge in [-0.1, -0.05) is 19.4 Å². The highest BCUT2D eigenvalue weighted by Crippen LogP contribution is 2.24. The van der Waals surface area contributed by atoms with E-state index in [9.17, 15) is 13.2 Å². The summed E-state index contributed by atoms with van der Waals surface area (Å²) in [5.41, 5.74) is 2.26. The maximum Gasteiger partial charge on any atom is 0.321 e. The van der Waals surface area contributed by atoms with E-state index >= 15 is 0 Å². The van der Waals surface area contributed by atoms with Crippen molar-refractivity contribution in [2.75, 3.05) is 0 Å². The SMILES string of the molecule is CCCC(NS(=O)(=O)c1ccc2c(c1)CCCC2)C(=O)O. The van der Waals surface area contributed by atoms with Crippen molar-refractivity contribution in [1.82, 2.24) is 4.72 Å². The van der Waals surface area contributed by atoms with Gasteiger partial charge in [-0.05, 0) is 55.4 Å². The first-order valence-corrected chi connectivity index (χ1v) is 8.79. The van der Waals surface area contributed by atoms with Crippen molar-refractivity contribution >= 4 is 16.0 Å². The standard InChI is InChI=1S/C15H21NO4S/c1-2-5-14(15(17)18)16-21(19,20)13-9-8-11-6-3-4-7-12(11)10-13/h8-10,14,16H,2-7H2,1H3,(H,17,18). The highest BCUT2D eigenvalue weighted by Gasteiger charge is 2.25. The first-order chi connectivity index (χ1) is 9.94. The number of fused-ring (bicyclic) bond motifs is 1. The maximum absolute atomic E-state index is 12.3. The molecule has 2 rings (SSSR count). The molecule has 1 atom stereocenters. The van der Waals surface area contributed by atoms with E-state index in [0.717, 1.165) is 31.2 Å². The number of hydrogen-bond donors (Lipinski definition) is 2. The third-order valence-electron chi connectivity index (χ3n) is 3.80.